The molecule has 0 radical (unpaired) electrons. The molecule has 4 unspecified atom stereocenters. The van der Waals surface area contributed by atoms with Gasteiger partial charge in [-0.05, 0) is 62.2 Å². The predicted molar refractivity (Wildman–Crippen MR) is 78.1 cm³/mol. The van der Waals surface area contributed by atoms with Gasteiger partial charge in [0.15, 0.2) is 0 Å². The summed E-state index contributed by atoms with van der Waals surface area (Å²) in [4.78, 5) is 11.4. The van der Waals surface area contributed by atoms with Gasteiger partial charge in [0.1, 0.15) is 5.78 Å². The van der Waals surface area contributed by atoms with Crippen LogP contribution in [0, 0.1) is 23.7 Å². The average Bonchev–Trinajstić information content (AvgIpc) is 3.09. The van der Waals surface area contributed by atoms with Gasteiger partial charge in [-0.2, -0.15) is 0 Å². The van der Waals surface area contributed by atoms with Crippen LogP contribution in [0.1, 0.15) is 51.4 Å². The van der Waals surface area contributed by atoms with Crippen molar-refractivity contribution in [3.05, 3.63) is 23.8 Å². The summed E-state index contributed by atoms with van der Waals surface area (Å²) in [5.74, 6) is 3.07. The summed E-state index contributed by atoms with van der Waals surface area (Å²) in [5.41, 5.74) is 2.64. The van der Waals surface area contributed by atoms with Gasteiger partial charge >= 0.3 is 0 Å². The van der Waals surface area contributed by atoms with Crippen molar-refractivity contribution in [1.29, 1.82) is 0 Å². The smallest absolute Gasteiger partial charge is 0.133 e. The van der Waals surface area contributed by atoms with E-state index in [1.165, 1.54) is 19.3 Å². The molecule has 0 aromatic heterocycles. The fourth-order valence-electron chi connectivity index (χ4n) is 5.68. The minimum atomic E-state index is -0.589. The van der Waals surface area contributed by atoms with Crippen LogP contribution < -0.4 is 0 Å². The van der Waals surface area contributed by atoms with E-state index in [2.05, 4.69) is 6.58 Å². The summed E-state index contributed by atoms with van der Waals surface area (Å²) in [6.45, 7) is 3.87. The number of allylic oxidation sites excluding steroid dienone is 2. The Morgan fingerprint density at radius 2 is 1.80 bits per heavy atom. The third-order valence-corrected chi connectivity index (χ3v) is 6.69. The van der Waals surface area contributed by atoms with Gasteiger partial charge in [0, 0.05) is 12.8 Å². The molecule has 2 bridgehead atoms. The third-order valence-electron chi connectivity index (χ3n) is 6.69. The van der Waals surface area contributed by atoms with Crippen LogP contribution in [0.15, 0.2) is 23.8 Å². The normalized spacial score (nSPS) is 47.0. The second-order valence-corrected chi connectivity index (χ2v) is 7.48. The summed E-state index contributed by atoms with van der Waals surface area (Å²) < 4.78 is 0. The molecular formula is C18H24O2. The number of fused-ring (bicyclic) bond motifs is 5. The molecule has 0 saturated heterocycles. The first kappa shape index (κ1) is 12.8. The van der Waals surface area contributed by atoms with Crippen LogP contribution >= 0.6 is 0 Å². The van der Waals surface area contributed by atoms with Gasteiger partial charge in [0.2, 0.25) is 0 Å². The lowest BCUT2D eigenvalue weighted by Crippen LogP contribution is -2.39. The van der Waals surface area contributed by atoms with Gasteiger partial charge in [-0.15, -0.1) is 6.58 Å². The highest BCUT2D eigenvalue weighted by Gasteiger charge is 2.60. The van der Waals surface area contributed by atoms with Crippen molar-refractivity contribution in [2.75, 3.05) is 0 Å². The molecule has 0 aliphatic heterocycles. The monoisotopic (exact) mass is 272 g/mol. The van der Waals surface area contributed by atoms with Gasteiger partial charge < -0.3 is 5.11 Å². The molecule has 4 saturated carbocycles. The largest absolute Gasteiger partial charge is 0.385 e. The fourth-order valence-corrected chi connectivity index (χ4v) is 5.68. The molecule has 4 aliphatic carbocycles. The molecule has 0 aromatic rings. The molecule has 0 heterocycles. The minimum absolute atomic E-state index is 0.439. The Bertz CT molecular complexity index is 492. The van der Waals surface area contributed by atoms with Gasteiger partial charge in [0.25, 0.3) is 0 Å². The Kier molecular flexibility index (Phi) is 2.76. The average molecular weight is 272 g/mol. The van der Waals surface area contributed by atoms with E-state index in [1.807, 2.05) is 0 Å². The van der Waals surface area contributed by atoms with Crippen molar-refractivity contribution in [2.24, 2.45) is 23.7 Å². The quantitative estimate of drug-likeness (QED) is 0.743. The predicted octanol–water partition coefficient (Wildman–Crippen LogP) is 3.41. The summed E-state index contributed by atoms with van der Waals surface area (Å²) in [7, 11) is 0. The van der Waals surface area contributed by atoms with Crippen molar-refractivity contribution in [3.8, 4) is 0 Å². The van der Waals surface area contributed by atoms with E-state index >= 15 is 0 Å². The molecule has 4 rings (SSSR count). The third kappa shape index (κ3) is 1.70. The number of ketones is 1. The van der Waals surface area contributed by atoms with Crippen LogP contribution in [0.3, 0.4) is 0 Å². The summed E-state index contributed by atoms with van der Waals surface area (Å²) in [6, 6.07) is 0. The first-order valence-corrected chi connectivity index (χ1v) is 8.18. The van der Waals surface area contributed by atoms with Crippen molar-refractivity contribution in [1.82, 2.24) is 0 Å². The zero-order chi connectivity index (χ0) is 13.9. The second-order valence-electron chi connectivity index (χ2n) is 7.48. The summed E-state index contributed by atoms with van der Waals surface area (Å²) >= 11 is 0. The van der Waals surface area contributed by atoms with Crippen molar-refractivity contribution in [2.45, 2.75) is 57.0 Å². The number of Topliss-reactive ketones (excluding diaryl/α,β-unsaturated/α-hetero) is 1. The Labute approximate surface area is 120 Å². The highest BCUT2D eigenvalue weighted by atomic mass is 16.3. The number of carbonyl (C=O) groups excluding carboxylic acids is 1. The van der Waals surface area contributed by atoms with Gasteiger partial charge in [-0.3, -0.25) is 4.79 Å². The SMILES string of the molecule is C=C[C@]1(O)CC2CC1C1CC(=C3CCC(=O)CC3)CC21. The standard InChI is InChI=1S/C18H24O2/c1-2-18(20)10-13-9-17(18)16-8-12(7-15(13)16)11-3-5-14(19)6-4-11/h2,13,15-17,20H,1,3-10H2/t13?,15?,16?,17?,18-/m0/s1. The highest BCUT2D eigenvalue weighted by molar-refractivity contribution is 5.80. The molecule has 4 fully saturated rings. The maximum absolute atomic E-state index is 11.4. The molecule has 4 aliphatic rings. The van der Waals surface area contributed by atoms with Crippen molar-refractivity contribution < 1.29 is 9.90 Å². The van der Waals surface area contributed by atoms with E-state index in [0.717, 1.165) is 38.0 Å². The van der Waals surface area contributed by atoms with Crippen molar-refractivity contribution >= 4 is 5.78 Å². The van der Waals surface area contributed by atoms with E-state index in [-0.39, 0.29) is 0 Å². The Hall–Kier alpha value is -0.890. The van der Waals surface area contributed by atoms with Crippen LogP contribution in [0.5, 0.6) is 0 Å². The molecule has 2 heteroatoms. The van der Waals surface area contributed by atoms with Crippen LogP contribution in [0.25, 0.3) is 0 Å². The Morgan fingerprint density at radius 3 is 2.50 bits per heavy atom. The molecule has 1 N–H and O–H groups in total. The Morgan fingerprint density at radius 1 is 1.10 bits per heavy atom. The summed E-state index contributed by atoms with van der Waals surface area (Å²) in [6.07, 6.45) is 9.92. The number of rotatable bonds is 1. The topological polar surface area (TPSA) is 37.3 Å². The van der Waals surface area contributed by atoms with E-state index in [9.17, 15) is 9.90 Å². The van der Waals surface area contributed by atoms with Gasteiger partial charge in [0.05, 0.1) is 5.60 Å². The second kappa shape index (κ2) is 4.30. The fraction of sp³-hybridized carbons (Fsp3) is 0.722. The van der Waals surface area contributed by atoms with E-state index in [4.69, 9.17) is 0 Å². The zero-order valence-corrected chi connectivity index (χ0v) is 12.1. The first-order valence-electron chi connectivity index (χ1n) is 8.18. The molecule has 5 atom stereocenters. The molecule has 20 heavy (non-hydrogen) atoms. The summed E-state index contributed by atoms with van der Waals surface area (Å²) in [5, 5.41) is 10.7. The maximum atomic E-state index is 11.4. The van der Waals surface area contributed by atoms with E-state index < -0.39 is 5.60 Å². The van der Waals surface area contributed by atoms with E-state index in [0.29, 0.717) is 23.5 Å². The van der Waals surface area contributed by atoms with Crippen LogP contribution in [0.2, 0.25) is 0 Å². The molecule has 0 amide bonds. The van der Waals surface area contributed by atoms with Gasteiger partial charge in [-0.1, -0.05) is 17.2 Å². The molecule has 0 aromatic carbocycles. The molecular weight excluding hydrogens is 248 g/mol. The molecule has 108 valence electrons. The lowest BCUT2D eigenvalue weighted by molar-refractivity contribution is -0.119. The first-order chi connectivity index (χ1) is 9.60. The van der Waals surface area contributed by atoms with Crippen LogP contribution in [-0.4, -0.2) is 16.5 Å². The number of hydrogen-bond acceptors (Lipinski definition) is 2. The lowest BCUT2D eigenvalue weighted by Gasteiger charge is -2.36. The number of aliphatic hydroxyl groups is 1. The minimum Gasteiger partial charge on any atom is -0.385 e. The maximum Gasteiger partial charge on any atom is 0.133 e. The van der Waals surface area contributed by atoms with Gasteiger partial charge in [-0.25, -0.2) is 0 Å². The van der Waals surface area contributed by atoms with Crippen LogP contribution in [-0.2, 0) is 4.79 Å². The number of carbonyl (C=O) groups is 1. The van der Waals surface area contributed by atoms with E-state index in [1.54, 1.807) is 17.2 Å². The van der Waals surface area contributed by atoms with Crippen LogP contribution in [0.4, 0.5) is 0 Å². The zero-order valence-electron chi connectivity index (χ0n) is 12.1. The lowest BCUT2D eigenvalue weighted by atomic mass is 9.73. The molecule has 0 spiro atoms. The Balaban J connectivity index is 1.56. The van der Waals surface area contributed by atoms with Crippen molar-refractivity contribution in [3.63, 3.8) is 0 Å². The number of hydrogen-bond donors (Lipinski definition) is 1. The molecule has 2 nitrogen and oxygen atoms in total. The highest BCUT2D eigenvalue weighted by Crippen LogP contribution is 2.64.